The van der Waals surface area contributed by atoms with Crippen LogP contribution < -0.4 is 4.90 Å². The molecular weight excluding hydrogens is 174 g/mol. The second kappa shape index (κ2) is 3.45. The smallest absolute Gasteiger partial charge is 0.149 e. The van der Waals surface area contributed by atoms with E-state index in [1.807, 2.05) is 6.07 Å². The molecule has 2 nitrogen and oxygen atoms in total. The number of anilines is 1. The van der Waals surface area contributed by atoms with E-state index in [2.05, 4.69) is 30.0 Å². The van der Waals surface area contributed by atoms with Gasteiger partial charge in [-0.3, -0.25) is 4.79 Å². The van der Waals surface area contributed by atoms with Crippen molar-refractivity contribution in [2.75, 3.05) is 11.4 Å². The molecule has 1 unspecified atom stereocenters. The lowest BCUT2D eigenvalue weighted by molar-refractivity contribution is -0.115. The Morgan fingerprint density at radius 2 is 2.21 bits per heavy atom. The van der Waals surface area contributed by atoms with Crippen molar-refractivity contribution in [1.82, 2.24) is 0 Å². The average molecular weight is 189 g/mol. The maximum Gasteiger partial charge on any atom is 0.149 e. The van der Waals surface area contributed by atoms with Gasteiger partial charge in [-0.05, 0) is 31.9 Å². The molecule has 0 N–H and O–H groups in total. The summed E-state index contributed by atoms with van der Waals surface area (Å²) in [5.74, 6) is 0.230. The maximum atomic E-state index is 11.1. The maximum absolute atomic E-state index is 11.1. The Kier molecular flexibility index (Phi) is 2.28. The molecular formula is C12H15NO. The van der Waals surface area contributed by atoms with Crippen LogP contribution in [0.5, 0.6) is 0 Å². The van der Waals surface area contributed by atoms with Crippen molar-refractivity contribution in [3.63, 3.8) is 0 Å². The molecule has 74 valence electrons. The van der Waals surface area contributed by atoms with Gasteiger partial charge in [0.05, 0.1) is 6.54 Å². The highest BCUT2D eigenvalue weighted by Gasteiger charge is 2.25. The first-order chi connectivity index (χ1) is 6.68. The highest BCUT2D eigenvalue weighted by atomic mass is 16.1. The van der Waals surface area contributed by atoms with E-state index in [1.54, 1.807) is 6.92 Å². The minimum atomic E-state index is 0.230. The number of rotatable bonds is 2. The molecule has 0 saturated heterocycles. The number of fused-ring (bicyclic) bond motifs is 1. The lowest BCUT2D eigenvalue weighted by atomic mass is 10.1. The number of Topliss-reactive ketones (excluding diaryl/α,β-unsaturated/α-hetero) is 1. The SMILES string of the molecule is CC(=O)CN1c2ccccc2CC1C. The Morgan fingerprint density at radius 3 is 2.93 bits per heavy atom. The fourth-order valence-corrected chi connectivity index (χ4v) is 2.11. The van der Waals surface area contributed by atoms with Crippen LogP contribution in [-0.4, -0.2) is 18.4 Å². The standard InChI is InChI=1S/C12H15NO/c1-9-7-11-5-3-4-6-12(11)13(9)8-10(2)14/h3-6,9H,7-8H2,1-2H3. The predicted octanol–water partition coefficient (Wildman–Crippen LogP) is 2.03. The molecule has 2 rings (SSSR count). The van der Waals surface area contributed by atoms with Gasteiger partial charge >= 0.3 is 0 Å². The number of hydrogen-bond acceptors (Lipinski definition) is 2. The molecule has 0 radical (unpaired) electrons. The van der Waals surface area contributed by atoms with Crippen LogP contribution >= 0.6 is 0 Å². The highest BCUT2D eigenvalue weighted by Crippen LogP contribution is 2.31. The van der Waals surface area contributed by atoms with E-state index < -0.39 is 0 Å². The number of hydrogen-bond donors (Lipinski definition) is 0. The van der Waals surface area contributed by atoms with Gasteiger partial charge in [-0.2, -0.15) is 0 Å². The molecule has 1 atom stereocenters. The molecule has 0 bridgehead atoms. The Bertz CT molecular complexity index is 359. The van der Waals surface area contributed by atoms with Gasteiger partial charge in [0.15, 0.2) is 0 Å². The molecule has 14 heavy (non-hydrogen) atoms. The van der Waals surface area contributed by atoms with Crippen molar-refractivity contribution in [3.8, 4) is 0 Å². The van der Waals surface area contributed by atoms with Crippen molar-refractivity contribution in [2.45, 2.75) is 26.3 Å². The van der Waals surface area contributed by atoms with Crippen LogP contribution in [-0.2, 0) is 11.2 Å². The minimum Gasteiger partial charge on any atom is -0.361 e. The number of carbonyl (C=O) groups excluding carboxylic acids is 1. The third kappa shape index (κ3) is 1.52. The second-order valence-corrected chi connectivity index (χ2v) is 4.01. The quantitative estimate of drug-likeness (QED) is 0.709. The third-order valence-corrected chi connectivity index (χ3v) is 2.74. The summed E-state index contributed by atoms with van der Waals surface area (Å²) in [6.45, 7) is 4.36. The number of para-hydroxylation sites is 1. The van der Waals surface area contributed by atoms with E-state index in [-0.39, 0.29) is 5.78 Å². The topological polar surface area (TPSA) is 20.3 Å². The number of ketones is 1. The van der Waals surface area contributed by atoms with Crippen LogP contribution in [0.1, 0.15) is 19.4 Å². The summed E-state index contributed by atoms with van der Waals surface area (Å²) in [5.41, 5.74) is 2.59. The lowest BCUT2D eigenvalue weighted by Crippen LogP contribution is -2.33. The molecule has 2 heteroatoms. The van der Waals surface area contributed by atoms with Crippen LogP contribution in [0.4, 0.5) is 5.69 Å². The molecule has 0 amide bonds. The zero-order chi connectivity index (χ0) is 10.1. The largest absolute Gasteiger partial charge is 0.361 e. The highest BCUT2D eigenvalue weighted by molar-refractivity contribution is 5.82. The Hall–Kier alpha value is -1.31. The first kappa shape index (κ1) is 9.25. The van der Waals surface area contributed by atoms with Gasteiger partial charge in [0.25, 0.3) is 0 Å². The third-order valence-electron chi connectivity index (χ3n) is 2.74. The molecule has 0 aliphatic carbocycles. The molecule has 0 spiro atoms. The molecule has 0 saturated carbocycles. The van der Waals surface area contributed by atoms with Crippen LogP contribution in [0.2, 0.25) is 0 Å². The summed E-state index contributed by atoms with van der Waals surface area (Å²) in [4.78, 5) is 13.3. The molecule has 0 fully saturated rings. The Labute approximate surface area is 84.5 Å². The summed E-state index contributed by atoms with van der Waals surface area (Å²) >= 11 is 0. The normalized spacial score (nSPS) is 19.6. The van der Waals surface area contributed by atoms with Crippen molar-refractivity contribution < 1.29 is 4.79 Å². The van der Waals surface area contributed by atoms with E-state index in [9.17, 15) is 4.79 Å². The molecule has 1 heterocycles. The van der Waals surface area contributed by atoms with Gasteiger partial charge < -0.3 is 4.90 Å². The van der Waals surface area contributed by atoms with Gasteiger partial charge in [-0.25, -0.2) is 0 Å². The van der Waals surface area contributed by atoms with Crippen molar-refractivity contribution >= 4 is 11.5 Å². The monoisotopic (exact) mass is 189 g/mol. The van der Waals surface area contributed by atoms with E-state index in [0.717, 1.165) is 6.42 Å². The first-order valence-corrected chi connectivity index (χ1v) is 5.02. The lowest BCUT2D eigenvalue weighted by Gasteiger charge is -2.23. The number of nitrogens with zero attached hydrogens (tertiary/aromatic N) is 1. The van der Waals surface area contributed by atoms with Gasteiger partial charge in [-0.1, -0.05) is 18.2 Å². The van der Waals surface area contributed by atoms with Gasteiger partial charge in [0.1, 0.15) is 5.78 Å². The van der Waals surface area contributed by atoms with E-state index in [4.69, 9.17) is 0 Å². The summed E-state index contributed by atoms with van der Waals surface area (Å²) in [6, 6.07) is 8.79. The van der Waals surface area contributed by atoms with Gasteiger partial charge in [-0.15, -0.1) is 0 Å². The van der Waals surface area contributed by atoms with Gasteiger partial charge in [0, 0.05) is 11.7 Å². The molecule has 1 aliphatic rings. The van der Waals surface area contributed by atoms with Crippen LogP contribution in [0.25, 0.3) is 0 Å². The zero-order valence-electron chi connectivity index (χ0n) is 8.66. The van der Waals surface area contributed by atoms with Crippen LogP contribution in [0.15, 0.2) is 24.3 Å². The van der Waals surface area contributed by atoms with Crippen molar-refractivity contribution in [1.29, 1.82) is 0 Å². The average Bonchev–Trinajstić information content (AvgIpc) is 2.43. The van der Waals surface area contributed by atoms with E-state index in [0.29, 0.717) is 12.6 Å². The van der Waals surface area contributed by atoms with Crippen molar-refractivity contribution in [3.05, 3.63) is 29.8 Å². The van der Waals surface area contributed by atoms with E-state index in [1.165, 1.54) is 11.3 Å². The second-order valence-electron chi connectivity index (χ2n) is 4.01. The molecule has 1 aliphatic heterocycles. The molecule has 1 aromatic rings. The minimum absolute atomic E-state index is 0.230. The Morgan fingerprint density at radius 1 is 1.50 bits per heavy atom. The van der Waals surface area contributed by atoms with Crippen LogP contribution in [0.3, 0.4) is 0 Å². The summed E-state index contributed by atoms with van der Waals surface area (Å²) in [7, 11) is 0. The van der Waals surface area contributed by atoms with Crippen molar-refractivity contribution in [2.24, 2.45) is 0 Å². The van der Waals surface area contributed by atoms with Crippen LogP contribution in [0, 0.1) is 0 Å². The fraction of sp³-hybridized carbons (Fsp3) is 0.417. The Balaban J connectivity index is 2.30. The summed E-state index contributed by atoms with van der Waals surface area (Å²) in [6.07, 6.45) is 1.06. The molecule has 0 aromatic heterocycles. The van der Waals surface area contributed by atoms with E-state index >= 15 is 0 Å². The van der Waals surface area contributed by atoms with Gasteiger partial charge in [0.2, 0.25) is 0 Å². The zero-order valence-corrected chi connectivity index (χ0v) is 8.66. The first-order valence-electron chi connectivity index (χ1n) is 5.02. The summed E-state index contributed by atoms with van der Waals surface area (Å²) < 4.78 is 0. The summed E-state index contributed by atoms with van der Waals surface area (Å²) in [5, 5.41) is 0. The number of benzene rings is 1. The fourth-order valence-electron chi connectivity index (χ4n) is 2.11. The predicted molar refractivity (Wildman–Crippen MR) is 57.6 cm³/mol. The number of carbonyl (C=O) groups is 1. The molecule has 1 aromatic carbocycles.